The molecular weight excluding hydrogens is 454 g/mol. The third kappa shape index (κ3) is 5.22. The highest BCUT2D eigenvalue weighted by Gasteiger charge is 2.25. The molecule has 9 nitrogen and oxygen atoms in total. The van der Waals surface area contributed by atoms with Crippen LogP contribution in [-0.4, -0.2) is 67.2 Å². The normalized spacial score (nSPS) is 16.2. The molecule has 10 heteroatoms. The van der Waals surface area contributed by atoms with Crippen molar-refractivity contribution in [2.75, 3.05) is 56.2 Å². The maximum Gasteiger partial charge on any atom is 0.292 e. The SMILES string of the molecule is COc1ccccc1C(=O)NC(=S)N1CCN(c2ccc([N+](=O)[O-])c(N3CCCCC3)c2)CC1. The molecule has 2 aliphatic rings. The summed E-state index contributed by atoms with van der Waals surface area (Å²) in [6.45, 7) is 4.36. The van der Waals surface area contributed by atoms with E-state index in [2.05, 4.69) is 15.1 Å². The number of nitrogens with one attached hydrogen (secondary N) is 1. The van der Waals surface area contributed by atoms with Gasteiger partial charge in [0.15, 0.2) is 5.11 Å². The van der Waals surface area contributed by atoms with Crippen molar-refractivity contribution in [2.45, 2.75) is 19.3 Å². The number of para-hydroxylation sites is 1. The van der Waals surface area contributed by atoms with E-state index < -0.39 is 0 Å². The van der Waals surface area contributed by atoms with Gasteiger partial charge in [0.1, 0.15) is 11.4 Å². The number of thiocarbonyl (C=S) groups is 1. The molecular formula is C24H29N5O4S. The van der Waals surface area contributed by atoms with Crippen molar-refractivity contribution in [3.05, 3.63) is 58.1 Å². The van der Waals surface area contributed by atoms with E-state index in [9.17, 15) is 14.9 Å². The lowest BCUT2D eigenvalue weighted by molar-refractivity contribution is -0.384. The molecule has 2 aromatic rings. The van der Waals surface area contributed by atoms with E-state index >= 15 is 0 Å². The fourth-order valence-electron chi connectivity index (χ4n) is 4.49. The van der Waals surface area contributed by atoms with Gasteiger partial charge in [0.05, 0.1) is 17.6 Å². The van der Waals surface area contributed by atoms with Crippen LogP contribution in [0.25, 0.3) is 0 Å². The second-order valence-electron chi connectivity index (χ2n) is 8.41. The molecule has 0 atom stereocenters. The number of carbonyl (C=O) groups is 1. The first-order valence-corrected chi connectivity index (χ1v) is 11.9. The molecule has 34 heavy (non-hydrogen) atoms. The Hall–Kier alpha value is -3.40. The topological polar surface area (TPSA) is 91.2 Å². The van der Waals surface area contributed by atoms with E-state index in [1.165, 1.54) is 13.5 Å². The number of ether oxygens (including phenoxy) is 1. The molecule has 0 aromatic heterocycles. The van der Waals surface area contributed by atoms with E-state index in [1.54, 1.807) is 24.3 Å². The van der Waals surface area contributed by atoms with Gasteiger partial charge in [0.2, 0.25) is 0 Å². The van der Waals surface area contributed by atoms with Gasteiger partial charge in [-0.25, -0.2) is 0 Å². The van der Waals surface area contributed by atoms with Crippen LogP contribution in [0.5, 0.6) is 5.75 Å². The van der Waals surface area contributed by atoms with E-state index in [-0.39, 0.29) is 16.5 Å². The molecule has 2 saturated heterocycles. The smallest absolute Gasteiger partial charge is 0.292 e. The Bertz CT molecular complexity index is 1070. The molecule has 180 valence electrons. The average molecular weight is 484 g/mol. The minimum absolute atomic E-state index is 0.157. The lowest BCUT2D eigenvalue weighted by Crippen LogP contribution is -2.52. The molecule has 4 rings (SSSR count). The maximum atomic E-state index is 12.7. The summed E-state index contributed by atoms with van der Waals surface area (Å²) in [7, 11) is 1.53. The van der Waals surface area contributed by atoms with Gasteiger partial charge in [-0.15, -0.1) is 0 Å². The summed E-state index contributed by atoms with van der Waals surface area (Å²) in [5.41, 5.74) is 2.26. The average Bonchev–Trinajstić information content (AvgIpc) is 2.88. The van der Waals surface area contributed by atoms with Crippen LogP contribution in [0.3, 0.4) is 0 Å². The number of hydrogen-bond donors (Lipinski definition) is 1. The van der Waals surface area contributed by atoms with Crippen LogP contribution >= 0.6 is 12.2 Å². The molecule has 0 aliphatic carbocycles. The Balaban J connectivity index is 1.40. The number of nitro groups is 1. The first-order valence-electron chi connectivity index (χ1n) is 11.5. The summed E-state index contributed by atoms with van der Waals surface area (Å²) >= 11 is 5.49. The Labute approximate surface area is 204 Å². The van der Waals surface area contributed by atoms with Crippen molar-refractivity contribution in [2.24, 2.45) is 0 Å². The van der Waals surface area contributed by atoms with Crippen molar-refractivity contribution < 1.29 is 14.5 Å². The Morgan fingerprint density at radius 1 is 1.00 bits per heavy atom. The molecule has 0 saturated carbocycles. The van der Waals surface area contributed by atoms with Crippen molar-refractivity contribution >= 4 is 40.3 Å². The van der Waals surface area contributed by atoms with Crippen molar-refractivity contribution in [3.8, 4) is 5.75 Å². The highest BCUT2D eigenvalue weighted by Crippen LogP contribution is 2.34. The first-order chi connectivity index (χ1) is 16.5. The molecule has 2 fully saturated rings. The third-order valence-electron chi connectivity index (χ3n) is 6.36. The molecule has 0 radical (unpaired) electrons. The van der Waals surface area contributed by atoms with Crippen LogP contribution in [-0.2, 0) is 0 Å². The van der Waals surface area contributed by atoms with Crippen LogP contribution < -0.4 is 19.9 Å². The van der Waals surface area contributed by atoms with Crippen LogP contribution in [0.15, 0.2) is 42.5 Å². The first kappa shape index (κ1) is 23.7. The molecule has 0 unspecified atom stereocenters. The highest BCUT2D eigenvalue weighted by atomic mass is 32.1. The Morgan fingerprint density at radius 2 is 1.71 bits per heavy atom. The van der Waals surface area contributed by atoms with Crippen molar-refractivity contribution in [3.63, 3.8) is 0 Å². The van der Waals surface area contributed by atoms with Gasteiger partial charge in [0.25, 0.3) is 11.6 Å². The number of hydrogen-bond acceptors (Lipinski definition) is 7. The van der Waals surface area contributed by atoms with Crippen LogP contribution in [0, 0.1) is 10.1 Å². The monoisotopic (exact) mass is 483 g/mol. The number of nitrogens with zero attached hydrogens (tertiary/aromatic N) is 4. The van der Waals surface area contributed by atoms with Gasteiger partial charge in [-0.2, -0.15) is 0 Å². The van der Waals surface area contributed by atoms with Crippen LogP contribution in [0.4, 0.5) is 17.1 Å². The van der Waals surface area contributed by atoms with Gasteiger partial charge in [0, 0.05) is 51.0 Å². The predicted octanol–water partition coefficient (Wildman–Crippen LogP) is 3.43. The molecule has 1 amide bonds. The molecule has 0 bridgehead atoms. The number of anilines is 2. The maximum absolute atomic E-state index is 12.7. The number of nitro benzene ring substituents is 1. The van der Waals surface area contributed by atoms with Gasteiger partial charge in [-0.05, 0) is 55.7 Å². The largest absolute Gasteiger partial charge is 0.496 e. The molecule has 2 aromatic carbocycles. The Kier molecular flexibility index (Phi) is 7.46. The number of piperidine rings is 1. The standard InChI is InChI=1S/C24H29N5O4S/c1-33-22-8-4-3-7-19(22)23(30)25-24(34)28-15-13-26(14-16-28)18-9-10-20(29(31)32)21(17-18)27-11-5-2-6-12-27/h3-4,7-10,17H,2,5-6,11-16H2,1H3,(H,25,30,34). The lowest BCUT2D eigenvalue weighted by atomic mass is 10.1. The van der Waals surface area contributed by atoms with Crippen LogP contribution in [0.2, 0.25) is 0 Å². The molecule has 2 aliphatic heterocycles. The number of carbonyl (C=O) groups excluding carboxylic acids is 1. The van der Waals surface area contributed by atoms with Gasteiger partial charge in [-0.3, -0.25) is 20.2 Å². The summed E-state index contributed by atoms with van der Waals surface area (Å²) in [6.07, 6.45) is 3.27. The molecule has 0 spiro atoms. The van der Waals surface area contributed by atoms with E-state index in [1.807, 2.05) is 23.1 Å². The van der Waals surface area contributed by atoms with Crippen LogP contribution in [0.1, 0.15) is 29.6 Å². The summed E-state index contributed by atoms with van der Waals surface area (Å²) in [4.78, 5) is 30.3. The van der Waals surface area contributed by atoms with Gasteiger partial charge in [-0.1, -0.05) is 12.1 Å². The fraction of sp³-hybridized carbons (Fsp3) is 0.417. The second kappa shape index (κ2) is 10.7. The quantitative estimate of drug-likeness (QED) is 0.393. The minimum atomic E-state index is -0.300. The highest BCUT2D eigenvalue weighted by molar-refractivity contribution is 7.80. The minimum Gasteiger partial charge on any atom is -0.496 e. The lowest BCUT2D eigenvalue weighted by Gasteiger charge is -2.37. The zero-order valence-corrected chi connectivity index (χ0v) is 20.1. The van der Waals surface area contributed by atoms with Gasteiger partial charge < -0.3 is 19.4 Å². The fourth-order valence-corrected chi connectivity index (χ4v) is 4.77. The number of piperazine rings is 1. The second-order valence-corrected chi connectivity index (χ2v) is 8.80. The molecule has 1 N–H and O–H groups in total. The number of rotatable bonds is 5. The Morgan fingerprint density at radius 3 is 2.38 bits per heavy atom. The number of methoxy groups -OCH3 is 1. The summed E-state index contributed by atoms with van der Waals surface area (Å²) < 4.78 is 5.26. The summed E-state index contributed by atoms with van der Waals surface area (Å²) in [6, 6.07) is 12.4. The predicted molar refractivity (Wildman–Crippen MR) is 136 cm³/mol. The zero-order valence-electron chi connectivity index (χ0n) is 19.2. The molecule has 2 heterocycles. The third-order valence-corrected chi connectivity index (χ3v) is 6.72. The zero-order chi connectivity index (χ0) is 24.1. The number of benzene rings is 2. The van der Waals surface area contributed by atoms with E-state index in [0.717, 1.165) is 31.6 Å². The van der Waals surface area contributed by atoms with E-state index in [4.69, 9.17) is 17.0 Å². The summed E-state index contributed by atoms with van der Waals surface area (Å²) in [5.74, 6) is 0.196. The van der Waals surface area contributed by atoms with E-state index in [0.29, 0.717) is 48.3 Å². The van der Waals surface area contributed by atoms with Gasteiger partial charge >= 0.3 is 0 Å². The number of amides is 1. The van der Waals surface area contributed by atoms with Crippen molar-refractivity contribution in [1.82, 2.24) is 10.2 Å². The van der Waals surface area contributed by atoms with Crippen molar-refractivity contribution in [1.29, 1.82) is 0 Å². The summed E-state index contributed by atoms with van der Waals surface area (Å²) in [5, 5.41) is 14.8.